The van der Waals surface area contributed by atoms with Crippen LogP contribution in [0.3, 0.4) is 0 Å². The molecule has 0 saturated carbocycles. The third-order valence-corrected chi connectivity index (χ3v) is 4.89. The van der Waals surface area contributed by atoms with E-state index >= 15 is 0 Å². The van der Waals surface area contributed by atoms with Crippen LogP contribution in [-0.2, 0) is 4.74 Å². The average molecular weight is 413 g/mol. The first-order valence-electron chi connectivity index (χ1n) is 9.79. The number of guanidine groups is 1. The second kappa shape index (κ2) is 9.76. The molecule has 7 nitrogen and oxygen atoms in total. The fourth-order valence-corrected chi connectivity index (χ4v) is 3.28. The van der Waals surface area contributed by atoms with Gasteiger partial charge in [-0.05, 0) is 82.1 Å². The molecular weight excluding hydrogens is 384 g/mol. The number of nitrogens with zero attached hydrogens (tertiary/aromatic N) is 3. The number of aromatic nitrogens is 2. The van der Waals surface area contributed by atoms with Crippen LogP contribution < -0.4 is 16.0 Å². The molecule has 1 aromatic carbocycles. The van der Waals surface area contributed by atoms with Crippen LogP contribution in [-0.4, -0.2) is 40.3 Å². The zero-order chi connectivity index (χ0) is 20.8. The van der Waals surface area contributed by atoms with Crippen LogP contribution in [0.1, 0.15) is 35.4 Å². The normalized spacial score (nSPS) is 16.6. The van der Waals surface area contributed by atoms with Crippen molar-refractivity contribution in [2.45, 2.75) is 46.6 Å². The molecule has 2 aromatic rings. The lowest BCUT2D eigenvalue weighted by Gasteiger charge is -2.15. The SMILES string of the molecule is Cc1cc(C)nc(NC(=NCC2CCCO2)NC(=S)Nc2ccc(C)c(C)c2)n1. The highest BCUT2D eigenvalue weighted by Crippen LogP contribution is 2.14. The van der Waals surface area contributed by atoms with Gasteiger partial charge < -0.3 is 15.4 Å². The minimum absolute atomic E-state index is 0.134. The van der Waals surface area contributed by atoms with Crippen LogP contribution in [0.25, 0.3) is 0 Å². The molecule has 0 spiro atoms. The molecular formula is C21H28N6OS. The number of aliphatic imine (C=N–C) groups is 1. The van der Waals surface area contributed by atoms with Crippen molar-refractivity contribution in [2.75, 3.05) is 23.8 Å². The lowest BCUT2D eigenvalue weighted by atomic mass is 10.1. The molecule has 29 heavy (non-hydrogen) atoms. The fraction of sp³-hybridized carbons (Fsp3) is 0.429. The Bertz CT molecular complexity index is 888. The number of hydrogen-bond donors (Lipinski definition) is 3. The summed E-state index contributed by atoms with van der Waals surface area (Å²) in [5.41, 5.74) is 5.13. The van der Waals surface area contributed by atoms with Gasteiger partial charge in [-0.3, -0.25) is 5.32 Å². The maximum Gasteiger partial charge on any atom is 0.229 e. The Morgan fingerprint density at radius 3 is 2.52 bits per heavy atom. The van der Waals surface area contributed by atoms with E-state index in [1.54, 1.807) is 0 Å². The molecule has 1 unspecified atom stereocenters. The largest absolute Gasteiger partial charge is 0.376 e. The molecule has 1 saturated heterocycles. The summed E-state index contributed by atoms with van der Waals surface area (Å²) in [7, 11) is 0. The molecule has 0 aliphatic carbocycles. The van der Waals surface area contributed by atoms with Crippen molar-refractivity contribution in [3.05, 3.63) is 46.8 Å². The van der Waals surface area contributed by atoms with E-state index in [2.05, 4.69) is 56.9 Å². The van der Waals surface area contributed by atoms with Gasteiger partial charge in [0.15, 0.2) is 5.11 Å². The molecule has 0 amide bonds. The van der Waals surface area contributed by atoms with E-state index in [9.17, 15) is 0 Å². The average Bonchev–Trinajstić information content (AvgIpc) is 3.15. The minimum Gasteiger partial charge on any atom is -0.376 e. The summed E-state index contributed by atoms with van der Waals surface area (Å²) in [4.78, 5) is 13.5. The van der Waals surface area contributed by atoms with Gasteiger partial charge >= 0.3 is 0 Å². The summed E-state index contributed by atoms with van der Waals surface area (Å²) in [5, 5.41) is 9.94. The number of rotatable bonds is 4. The molecule has 1 atom stereocenters. The molecule has 3 rings (SSSR count). The number of hydrogen-bond acceptors (Lipinski definition) is 5. The lowest BCUT2D eigenvalue weighted by Crippen LogP contribution is -2.39. The van der Waals surface area contributed by atoms with Gasteiger partial charge in [0, 0.05) is 23.7 Å². The van der Waals surface area contributed by atoms with Crippen molar-refractivity contribution in [2.24, 2.45) is 4.99 Å². The summed E-state index contributed by atoms with van der Waals surface area (Å²) < 4.78 is 5.67. The van der Waals surface area contributed by atoms with Crippen molar-refractivity contribution < 1.29 is 4.74 Å². The zero-order valence-corrected chi connectivity index (χ0v) is 18.2. The Labute approximate surface area is 177 Å². The Hall–Kier alpha value is -2.58. The summed E-state index contributed by atoms with van der Waals surface area (Å²) in [5.74, 6) is 0.974. The Morgan fingerprint density at radius 1 is 1.10 bits per heavy atom. The molecule has 1 aromatic heterocycles. The number of benzene rings is 1. The molecule has 3 N–H and O–H groups in total. The van der Waals surface area contributed by atoms with Gasteiger partial charge in [0.05, 0.1) is 12.6 Å². The molecule has 1 aliphatic rings. The third-order valence-electron chi connectivity index (χ3n) is 4.69. The Kier molecular flexibility index (Phi) is 7.11. The van der Waals surface area contributed by atoms with Crippen LogP contribution in [0.5, 0.6) is 0 Å². The summed E-state index contributed by atoms with van der Waals surface area (Å²) >= 11 is 5.49. The van der Waals surface area contributed by atoms with Crippen molar-refractivity contribution in [3.8, 4) is 0 Å². The number of anilines is 2. The molecule has 0 radical (unpaired) electrons. The smallest absolute Gasteiger partial charge is 0.229 e. The third kappa shape index (κ3) is 6.47. The number of aryl methyl sites for hydroxylation is 4. The highest BCUT2D eigenvalue weighted by atomic mass is 32.1. The molecule has 154 valence electrons. The van der Waals surface area contributed by atoms with E-state index in [4.69, 9.17) is 17.0 Å². The predicted octanol–water partition coefficient (Wildman–Crippen LogP) is 3.64. The predicted molar refractivity (Wildman–Crippen MR) is 122 cm³/mol. The molecule has 1 aliphatic heterocycles. The van der Waals surface area contributed by atoms with Crippen molar-refractivity contribution >= 4 is 34.9 Å². The van der Waals surface area contributed by atoms with Gasteiger partial charge in [-0.1, -0.05) is 6.07 Å². The van der Waals surface area contributed by atoms with Crippen LogP contribution in [0.2, 0.25) is 0 Å². The first kappa shape index (κ1) is 21.1. The van der Waals surface area contributed by atoms with Gasteiger partial charge in [0.25, 0.3) is 0 Å². The highest BCUT2D eigenvalue weighted by molar-refractivity contribution is 7.80. The second-order valence-electron chi connectivity index (χ2n) is 7.30. The highest BCUT2D eigenvalue weighted by Gasteiger charge is 2.16. The van der Waals surface area contributed by atoms with E-state index in [-0.39, 0.29) is 6.10 Å². The number of ether oxygens (including phenoxy) is 1. The van der Waals surface area contributed by atoms with E-state index in [0.717, 1.165) is 36.5 Å². The summed E-state index contributed by atoms with van der Waals surface area (Å²) in [6, 6.07) is 8.05. The Morgan fingerprint density at radius 2 is 1.86 bits per heavy atom. The number of thiocarbonyl (C=S) groups is 1. The van der Waals surface area contributed by atoms with Crippen molar-refractivity contribution in [1.82, 2.24) is 15.3 Å². The molecule has 2 heterocycles. The Balaban J connectivity index is 1.71. The summed E-state index contributed by atoms with van der Waals surface area (Å²) in [6.07, 6.45) is 2.22. The van der Waals surface area contributed by atoms with Crippen molar-refractivity contribution in [3.63, 3.8) is 0 Å². The van der Waals surface area contributed by atoms with Crippen LogP contribution in [0.4, 0.5) is 11.6 Å². The maximum absolute atomic E-state index is 5.67. The first-order chi connectivity index (χ1) is 13.9. The van der Waals surface area contributed by atoms with E-state index in [0.29, 0.717) is 23.6 Å². The van der Waals surface area contributed by atoms with E-state index in [1.807, 2.05) is 26.0 Å². The van der Waals surface area contributed by atoms with Crippen molar-refractivity contribution in [1.29, 1.82) is 0 Å². The topological polar surface area (TPSA) is 83.5 Å². The van der Waals surface area contributed by atoms with Gasteiger partial charge in [-0.25, -0.2) is 15.0 Å². The van der Waals surface area contributed by atoms with Crippen LogP contribution in [0.15, 0.2) is 29.3 Å². The van der Waals surface area contributed by atoms with Gasteiger partial charge in [0.1, 0.15) is 0 Å². The standard InChI is InChI=1S/C21H28N6OS/c1-13-7-8-17(10-14(13)2)25-21(29)27-19(22-12-18-6-5-9-28-18)26-20-23-15(3)11-16(4)24-20/h7-8,10-11,18H,5-6,9,12H2,1-4H3,(H3,22,23,24,25,26,27,29). The fourth-order valence-electron chi connectivity index (χ4n) is 3.07. The van der Waals surface area contributed by atoms with E-state index < -0.39 is 0 Å². The monoisotopic (exact) mass is 412 g/mol. The van der Waals surface area contributed by atoms with Gasteiger partial charge in [-0.15, -0.1) is 0 Å². The van der Waals surface area contributed by atoms with Crippen LogP contribution in [0, 0.1) is 27.7 Å². The summed E-state index contributed by atoms with van der Waals surface area (Å²) in [6.45, 7) is 9.37. The van der Waals surface area contributed by atoms with Gasteiger partial charge in [0.2, 0.25) is 11.9 Å². The lowest BCUT2D eigenvalue weighted by molar-refractivity contribution is 0.118. The quantitative estimate of drug-likeness (QED) is 0.402. The second-order valence-corrected chi connectivity index (χ2v) is 7.71. The van der Waals surface area contributed by atoms with E-state index in [1.165, 1.54) is 11.1 Å². The van der Waals surface area contributed by atoms with Crippen LogP contribution >= 0.6 is 12.2 Å². The maximum atomic E-state index is 5.67. The minimum atomic E-state index is 0.134. The molecule has 1 fully saturated rings. The van der Waals surface area contributed by atoms with Gasteiger partial charge in [-0.2, -0.15) is 0 Å². The number of nitrogens with one attached hydrogen (secondary N) is 3. The molecule has 0 bridgehead atoms. The molecule has 8 heteroatoms. The first-order valence-corrected chi connectivity index (χ1v) is 10.2. The zero-order valence-electron chi connectivity index (χ0n) is 17.4.